The van der Waals surface area contributed by atoms with Crippen molar-refractivity contribution in [2.45, 2.75) is 31.9 Å². The minimum Gasteiger partial charge on any atom is -0.380 e. The fourth-order valence-electron chi connectivity index (χ4n) is 2.24. The number of likely N-dealkylation sites (tertiary alicyclic amines) is 1. The number of methoxy groups -OCH3 is 1. The summed E-state index contributed by atoms with van der Waals surface area (Å²) >= 11 is 1.72. The largest absolute Gasteiger partial charge is 0.380 e. The van der Waals surface area contributed by atoms with E-state index in [1.807, 2.05) is 0 Å². The summed E-state index contributed by atoms with van der Waals surface area (Å²) in [5.41, 5.74) is 6.71. The Morgan fingerprint density at radius 3 is 3.29 bits per heavy atom. The Balaban J connectivity index is 1.86. The van der Waals surface area contributed by atoms with Crippen LogP contribution in [0, 0.1) is 0 Å². The van der Waals surface area contributed by atoms with Crippen LogP contribution in [0.3, 0.4) is 0 Å². The molecule has 0 aliphatic carbocycles. The number of ether oxygens (including phenoxy) is 1. The molecule has 0 radical (unpaired) electrons. The summed E-state index contributed by atoms with van der Waals surface area (Å²) in [7, 11) is 1.80. The number of thiazole rings is 1. The topological polar surface area (TPSA) is 51.4 Å². The predicted octanol–water partition coefficient (Wildman–Crippen LogP) is 1.26. The molecular formula is C12H21N3OS. The molecule has 1 saturated heterocycles. The van der Waals surface area contributed by atoms with Gasteiger partial charge < -0.3 is 10.5 Å². The predicted molar refractivity (Wildman–Crippen MR) is 70.2 cm³/mol. The van der Waals surface area contributed by atoms with Crippen LogP contribution in [0.1, 0.15) is 23.5 Å². The second-order valence-electron chi connectivity index (χ2n) is 4.51. The van der Waals surface area contributed by atoms with E-state index in [1.165, 1.54) is 18.5 Å². The minimum absolute atomic E-state index is 0.394. The fourth-order valence-corrected chi connectivity index (χ4v) is 3.04. The van der Waals surface area contributed by atoms with E-state index in [1.54, 1.807) is 18.4 Å². The normalized spacial score (nSPS) is 21.9. The number of hydrogen-bond acceptors (Lipinski definition) is 5. The molecule has 96 valence electrons. The zero-order chi connectivity index (χ0) is 12.1. The van der Waals surface area contributed by atoms with Gasteiger partial charge in [-0.15, -0.1) is 11.3 Å². The molecule has 1 aliphatic rings. The average Bonchev–Trinajstić information content (AvgIpc) is 2.77. The summed E-state index contributed by atoms with van der Waals surface area (Å²) in [6, 6.07) is 0. The molecule has 1 unspecified atom stereocenters. The van der Waals surface area contributed by atoms with Crippen molar-refractivity contribution in [2.75, 3.05) is 26.7 Å². The van der Waals surface area contributed by atoms with Crippen molar-refractivity contribution in [2.24, 2.45) is 5.73 Å². The van der Waals surface area contributed by atoms with Crippen LogP contribution < -0.4 is 5.73 Å². The van der Waals surface area contributed by atoms with Crippen molar-refractivity contribution in [1.82, 2.24) is 9.88 Å². The number of aromatic nitrogens is 1. The Labute approximate surface area is 107 Å². The van der Waals surface area contributed by atoms with Gasteiger partial charge in [-0.1, -0.05) is 0 Å². The van der Waals surface area contributed by atoms with E-state index in [0.717, 1.165) is 31.1 Å². The Hall–Kier alpha value is -0.490. The molecule has 17 heavy (non-hydrogen) atoms. The highest BCUT2D eigenvalue weighted by Gasteiger charge is 2.19. The zero-order valence-electron chi connectivity index (χ0n) is 10.4. The van der Waals surface area contributed by atoms with Gasteiger partial charge in [-0.05, 0) is 25.9 Å². The van der Waals surface area contributed by atoms with Crippen LogP contribution in [0.2, 0.25) is 0 Å². The second-order valence-corrected chi connectivity index (χ2v) is 5.45. The van der Waals surface area contributed by atoms with Gasteiger partial charge >= 0.3 is 0 Å². The van der Waals surface area contributed by atoms with E-state index < -0.39 is 0 Å². The van der Waals surface area contributed by atoms with Crippen LogP contribution >= 0.6 is 11.3 Å². The maximum absolute atomic E-state index is 5.53. The van der Waals surface area contributed by atoms with Gasteiger partial charge in [0.15, 0.2) is 0 Å². The van der Waals surface area contributed by atoms with Gasteiger partial charge in [0.1, 0.15) is 0 Å². The van der Waals surface area contributed by atoms with Crippen molar-refractivity contribution in [3.05, 3.63) is 16.1 Å². The lowest BCUT2D eigenvalue weighted by Crippen LogP contribution is -2.38. The van der Waals surface area contributed by atoms with Crippen LogP contribution in [-0.2, 0) is 17.7 Å². The summed E-state index contributed by atoms with van der Waals surface area (Å²) in [5, 5.41) is 3.31. The standard InChI is InChI=1S/C12H21N3OS/c1-16-11-3-2-6-15(8-11)7-10-9-17-12(14-10)4-5-13/h9,11H,2-8,13H2,1H3. The molecule has 1 aromatic rings. The first-order chi connectivity index (χ1) is 8.31. The van der Waals surface area contributed by atoms with Crippen molar-refractivity contribution < 1.29 is 4.74 Å². The quantitative estimate of drug-likeness (QED) is 0.860. The molecule has 1 aromatic heterocycles. The molecule has 1 aliphatic heterocycles. The first-order valence-corrected chi connectivity index (χ1v) is 7.08. The zero-order valence-corrected chi connectivity index (χ0v) is 11.2. The highest BCUT2D eigenvalue weighted by Crippen LogP contribution is 2.17. The SMILES string of the molecule is COC1CCCN(Cc2csc(CCN)n2)C1. The van der Waals surface area contributed by atoms with E-state index in [4.69, 9.17) is 10.5 Å². The molecule has 0 amide bonds. The van der Waals surface area contributed by atoms with Gasteiger partial charge in [0, 0.05) is 32.0 Å². The number of nitrogens with two attached hydrogens (primary N) is 1. The Morgan fingerprint density at radius 2 is 2.53 bits per heavy atom. The smallest absolute Gasteiger partial charge is 0.0941 e. The molecule has 4 nitrogen and oxygen atoms in total. The Bertz CT molecular complexity index is 342. The van der Waals surface area contributed by atoms with Gasteiger partial charge in [-0.25, -0.2) is 4.98 Å². The molecule has 1 atom stereocenters. The molecule has 2 rings (SSSR count). The lowest BCUT2D eigenvalue weighted by Gasteiger charge is -2.31. The third-order valence-corrected chi connectivity index (χ3v) is 4.10. The van der Waals surface area contributed by atoms with E-state index in [0.29, 0.717) is 12.6 Å². The molecule has 0 saturated carbocycles. The van der Waals surface area contributed by atoms with Gasteiger partial charge in [0.2, 0.25) is 0 Å². The van der Waals surface area contributed by atoms with E-state index in [-0.39, 0.29) is 0 Å². The van der Waals surface area contributed by atoms with E-state index >= 15 is 0 Å². The number of rotatable bonds is 5. The Morgan fingerprint density at radius 1 is 1.65 bits per heavy atom. The maximum atomic E-state index is 5.53. The van der Waals surface area contributed by atoms with Crippen LogP contribution in [0.25, 0.3) is 0 Å². The molecule has 2 N–H and O–H groups in total. The second kappa shape index (κ2) is 6.44. The van der Waals surface area contributed by atoms with Gasteiger partial charge in [-0.3, -0.25) is 4.90 Å². The van der Waals surface area contributed by atoms with Crippen LogP contribution in [0.15, 0.2) is 5.38 Å². The van der Waals surface area contributed by atoms with Crippen molar-refractivity contribution in [1.29, 1.82) is 0 Å². The first kappa shape index (κ1) is 13.0. The molecular weight excluding hydrogens is 234 g/mol. The summed E-state index contributed by atoms with van der Waals surface area (Å²) < 4.78 is 5.43. The van der Waals surface area contributed by atoms with Gasteiger partial charge in [0.05, 0.1) is 16.8 Å². The third-order valence-electron chi connectivity index (χ3n) is 3.14. The van der Waals surface area contributed by atoms with Gasteiger partial charge in [-0.2, -0.15) is 0 Å². The molecule has 2 heterocycles. The summed E-state index contributed by atoms with van der Waals surface area (Å²) in [6.07, 6.45) is 3.69. The van der Waals surface area contributed by atoms with Crippen molar-refractivity contribution in [3.63, 3.8) is 0 Å². The Kier molecular flexibility index (Phi) is 4.91. The lowest BCUT2D eigenvalue weighted by molar-refractivity contribution is 0.0282. The van der Waals surface area contributed by atoms with E-state index in [2.05, 4.69) is 15.3 Å². The van der Waals surface area contributed by atoms with Crippen LogP contribution in [0.5, 0.6) is 0 Å². The lowest BCUT2D eigenvalue weighted by atomic mass is 10.1. The summed E-state index contributed by atoms with van der Waals surface area (Å²) in [4.78, 5) is 7.03. The van der Waals surface area contributed by atoms with E-state index in [9.17, 15) is 0 Å². The third kappa shape index (κ3) is 3.74. The molecule has 5 heteroatoms. The summed E-state index contributed by atoms with van der Waals surface area (Å²) in [6.45, 7) is 3.81. The molecule has 0 spiro atoms. The molecule has 0 bridgehead atoms. The number of nitrogens with zero attached hydrogens (tertiary/aromatic N) is 2. The van der Waals surface area contributed by atoms with Crippen molar-refractivity contribution >= 4 is 11.3 Å². The average molecular weight is 255 g/mol. The fraction of sp³-hybridized carbons (Fsp3) is 0.750. The first-order valence-electron chi connectivity index (χ1n) is 6.20. The molecule has 1 fully saturated rings. The van der Waals surface area contributed by atoms with Crippen LogP contribution in [-0.4, -0.2) is 42.7 Å². The summed E-state index contributed by atoms with van der Waals surface area (Å²) in [5.74, 6) is 0. The maximum Gasteiger partial charge on any atom is 0.0941 e. The number of piperidine rings is 1. The van der Waals surface area contributed by atoms with Gasteiger partial charge in [0.25, 0.3) is 0 Å². The van der Waals surface area contributed by atoms with Crippen molar-refractivity contribution in [3.8, 4) is 0 Å². The highest BCUT2D eigenvalue weighted by atomic mass is 32.1. The number of hydrogen-bond donors (Lipinski definition) is 1. The minimum atomic E-state index is 0.394. The highest BCUT2D eigenvalue weighted by molar-refractivity contribution is 7.09. The monoisotopic (exact) mass is 255 g/mol. The van der Waals surface area contributed by atoms with Crippen LogP contribution in [0.4, 0.5) is 0 Å². The molecule has 0 aromatic carbocycles.